The van der Waals surface area contributed by atoms with Crippen LogP contribution in [0, 0.1) is 5.82 Å². The molecule has 0 saturated carbocycles. The molecule has 0 spiro atoms. The number of aromatic nitrogens is 4. The second kappa shape index (κ2) is 11.5. The summed E-state index contributed by atoms with van der Waals surface area (Å²) in [4.78, 5) is 11.1. The van der Waals surface area contributed by atoms with Crippen LogP contribution < -0.4 is 10.1 Å². The van der Waals surface area contributed by atoms with Crippen molar-refractivity contribution < 1.29 is 22.5 Å². The number of fused-ring (bicyclic) bond motifs is 4. The number of benzene rings is 2. The molecule has 0 bridgehead atoms. The fourth-order valence-corrected chi connectivity index (χ4v) is 4.26. The van der Waals surface area contributed by atoms with Crippen LogP contribution in [0.3, 0.4) is 0 Å². The van der Waals surface area contributed by atoms with E-state index >= 15 is 0 Å². The molecule has 0 fully saturated rings. The zero-order chi connectivity index (χ0) is 26.5. The van der Waals surface area contributed by atoms with Crippen LogP contribution in [0.15, 0.2) is 35.0 Å². The number of hydrogen-bond acceptors (Lipinski definition) is 8. The number of alkyl halides is 2. The molecule has 4 aromatic rings. The first kappa shape index (κ1) is 26.3. The van der Waals surface area contributed by atoms with E-state index in [4.69, 9.17) is 9.37 Å². The van der Waals surface area contributed by atoms with Gasteiger partial charge < -0.3 is 15.0 Å². The van der Waals surface area contributed by atoms with Gasteiger partial charge in [-0.15, -0.1) is 0 Å². The van der Waals surface area contributed by atoms with E-state index < -0.39 is 17.8 Å². The molecular formula is C26H29F3N6O2. The highest BCUT2D eigenvalue weighted by Crippen LogP contribution is 2.41. The standard InChI is InChI=1S/C24H23F3N6O2.C2H6/c1-33(2)9-4-10-34-19-8-7-13-14(11-18-21(13)30-24-23(29-18)31-35-32-24)15(19)12-28-17-6-3-5-16(25)20(17)22(26)27;1-2/h3,5-8,22,28H,4,9-12H2,1-2H3;1-2H3. The van der Waals surface area contributed by atoms with Crippen LogP contribution in [0.2, 0.25) is 0 Å². The van der Waals surface area contributed by atoms with Gasteiger partial charge in [0.05, 0.1) is 23.6 Å². The number of rotatable bonds is 9. The van der Waals surface area contributed by atoms with Crippen LogP contribution in [0.1, 0.15) is 49.1 Å². The lowest BCUT2D eigenvalue weighted by Crippen LogP contribution is -2.16. The number of nitrogens with zero attached hydrogens (tertiary/aromatic N) is 5. The lowest BCUT2D eigenvalue weighted by molar-refractivity contribution is 0.147. The largest absolute Gasteiger partial charge is 0.493 e. The van der Waals surface area contributed by atoms with E-state index in [1.165, 1.54) is 12.1 Å². The lowest BCUT2D eigenvalue weighted by Gasteiger charge is -2.18. The van der Waals surface area contributed by atoms with E-state index in [1.807, 2.05) is 40.1 Å². The molecule has 0 aliphatic heterocycles. The molecule has 11 heteroatoms. The molecule has 2 aromatic heterocycles. The predicted molar refractivity (Wildman–Crippen MR) is 134 cm³/mol. The summed E-state index contributed by atoms with van der Waals surface area (Å²) < 4.78 is 52.0. The number of halogens is 3. The van der Waals surface area contributed by atoms with Crippen molar-refractivity contribution in [1.82, 2.24) is 25.2 Å². The number of hydrogen-bond donors (Lipinski definition) is 1. The van der Waals surface area contributed by atoms with Gasteiger partial charge in [-0.25, -0.2) is 27.8 Å². The van der Waals surface area contributed by atoms with Gasteiger partial charge in [0.25, 0.3) is 6.43 Å². The van der Waals surface area contributed by atoms with Crippen molar-refractivity contribution in [1.29, 1.82) is 0 Å². The maximum Gasteiger partial charge on any atom is 0.268 e. The van der Waals surface area contributed by atoms with E-state index in [9.17, 15) is 13.2 Å². The molecular weight excluding hydrogens is 485 g/mol. The van der Waals surface area contributed by atoms with Gasteiger partial charge in [0.1, 0.15) is 11.6 Å². The van der Waals surface area contributed by atoms with E-state index in [1.54, 1.807) is 0 Å². The highest BCUT2D eigenvalue weighted by atomic mass is 19.3. The summed E-state index contributed by atoms with van der Waals surface area (Å²) in [6, 6.07) is 7.62. The Hall–Kier alpha value is -3.73. The van der Waals surface area contributed by atoms with E-state index in [0.29, 0.717) is 41.5 Å². The van der Waals surface area contributed by atoms with Crippen molar-refractivity contribution in [3.63, 3.8) is 0 Å². The van der Waals surface area contributed by atoms with Crippen molar-refractivity contribution in [2.45, 2.75) is 39.7 Å². The molecule has 2 aromatic carbocycles. The third kappa shape index (κ3) is 5.51. The molecule has 5 rings (SSSR count). The van der Waals surface area contributed by atoms with Gasteiger partial charge in [0.15, 0.2) is 0 Å². The molecule has 1 aliphatic carbocycles. The second-order valence-corrected chi connectivity index (χ2v) is 8.54. The first-order valence-electron chi connectivity index (χ1n) is 12.1. The zero-order valence-electron chi connectivity index (χ0n) is 21.2. The third-order valence-electron chi connectivity index (χ3n) is 5.91. The summed E-state index contributed by atoms with van der Waals surface area (Å²) in [5.41, 5.74) is 3.94. The van der Waals surface area contributed by atoms with Gasteiger partial charge in [0.2, 0.25) is 11.3 Å². The molecule has 0 unspecified atom stereocenters. The van der Waals surface area contributed by atoms with Gasteiger partial charge in [0, 0.05) is 36.3 Å². The van der Waals surface area contributed by atoms with Crippen LogP contribution >= 0.6 is 0 Å². The quantitative estimate of drug-likeness (QED) is 0.253. The number of ether oxygens (including phenoxy) is 1. The summed E-state index contributed by atoms with van der Waals surface area (Å²) in [5, 5.41) is 10.5. The first-order chi connectivity index (χ1) is 17.9. The van der Waals surface area contributed by atoms with Crippen LogP contribution in [-0.2, 0) is 13.0 Å². The highest BCUT2D eigenvalue weighted by Gasteiger charge is 2.28. The average molecular weight is 515 g/mol. The Balaban J connectivity index is 0.00000156. The Labute approximate surface area is 212 Å². The van der Waals surface area contributed by atoms with Crippen molar-refractivity contribution in [2.75, 3.05) is 32.6 Å². The monoisotopic (exact) mass is 514 g/mol. The molecule has 0 saturated heterocycles. The normalized spacial score (nSPS) is 11.9. The van der Waals surface area contributed by atoms with E-state index in [2.05, 4.69) is 30.5 Å². The molecule has 0 atom stereocenters. The number of anilines is 1. The summed E-state index contributed by atoms with van der Waals surface area (Å²) in [6.07, 6.45) is -1.68. The molecule has 0 amide bonds. The average Bonchev–Trinajstić information content (AvgIpc) is 3.48. The van der Waals surface area contributed by atoms with Gasteiger partial charge in [-0.2, -0.15) is 0 Å². The summed E-state index contributed by atoms with van der Waals surface area (Å²) in [6.45, 7) is 5.50. The predicted octanol–water partition coefficient (Wildman–Crippen LogP) is 5.63. The van der Waals surface area contributed by atoms with E-state index in [0.717, 1.165) is 35.7 Å². The molecule has 0 radical (unpaired) electrons. The Morgan fingerprint density at radius 3 is 2.57 bits per heavy atom. The number of nitrogens with one attached hydrogen (secondary N) is 1. The molecule has 1 N–H and O–H groups in total. The zero-order valence-corrected chi connectivity index (χ0v) is 21.2. The Kier molecular flexibility index (Phi) is 8.22. The molecule has 2 heterocycles. The maximum atomic E-state index is 14.1. The van der Waals surface area contributed by atoms with Crippen molar-refractivity contribution in [3.8, 4) is 17.0 Å². The van der Waals surface area contributed by atoms with E-state index in [-0.39, 0.29) is 12.2 Å². The molecule has 37 heavy (non-hydrogen) atoms. The third-order valence-corrected chi connectivity index (χ3v) is 5.91. The molecule has 1 aliphatic rings. The minimum atomic E-state index is -2.95. The van der Waals surface area contributed by atoms with Gasteiger partial charge >= 0.3 is 0 Å². The topological polar surface area (TPSA) is 89.2 Å². The smallest absolute Gasteiger partial charge is 0.268 e. The van der Waals surface area contributed by atoms with Crippen LogP contribution in [0.25, 0.3) is 22.6 Å². The van der Waals surface area contributed by atoms with Crippen LogP contribution in [-0.4, -0.2) is 52.4 Å². The van der Waals surface area contributed by atoms with Gasteiger partial charge in [-0.1, -0.05) is 19.9 Å². The second-order valence-electron chi connectivity index (χ2n) is 8.54. The van der Waals surface area contributed by atoms with Crippen molar-refractivity contribution >= 4 is 17.0 Å². The Morgan fingerprint density at radius 2 is 1.84 bits per heavy atom. The fraction of sp³-hybridized carbons (Fsp3) is 0.385. The van der Waals surface area contributed by atoms with Gasteiger partial charge in [-0.3, -0.25) is 0 Å². The minimum absolute atomic E-state index is 0.0386. The molecule has 196 valence electrons. The Bertz CT molecular complexity index is 1380. The van der Waals surface area contributed by atoms with Crippen molar-refractivity contribution in [3.05, 3.63) is 58.5 Å². The SMILES string of the molecule is CC.CN(C)CCCOc1ccc2c(c1CNc1cccc(F)c1C(F)F)Cc1nc3nonc3nc1-2. The highest BCUT2D eigenvalue weighted by molar-refractivity contribution is 5.79. The van der Waals surface area contributed by atoms with Crippen LogP contribution in [0.4, 0.5) is 18.9 Å². The van der Waals surface area contributed by atoms with Crippen LogP contribution in [0.5, 0.6) is 5.75 Å². The Morgan fingerprint density at radius 1 is 1.08 bits per heavy atom. The minimum Gasteiger partial charge on any atom is -0.493 e. The summed E-state index contributed by atoms with van der Waals surface area (Å²) in [5.74, 6) is -0.323. The lowest BCUT2D eigenvalue weighted by atomic mass is 10.0. The summed E-state index contributed by atoms with van der Waals surface area (Å²) >= 11 is 0. The maximum absolute atomic E-state index is 14.1. The first-order valence-corrected chi connectivity index (χ1v) is 12.1. The molecule has 8 nitrogen and oxygen atoms in total. The van der Waals surface area contributed by atoms with Gasteiger partial charge in [-0.05, 0) is 60.7 Å². The van der Waals surface area contributed by atoms with Crippen molar-refractivity contribution in [2.24, 2.45) is 0 Å². The summed E-state index contributed by atoms with van der Waals surface area (Å²) in [7, 11) is 3.98. The fourth-order valence-electron chi connectivity index (χ4n) is 4.26.